The predicted octanol–water partition coefficient (Wildman–Crippen LogP) is 6.11. The number of aromatic nitrogens is 2. The van der Waals surface area contributed by atoms with Crippen molar-refractivity contribution in [1.82, 2.24) is 18.9 Å². The average Bonchev–Trinajstić information content (AvgIpc) is 3.32. The van der Waals surface area contributed by atoms with Crippen molar-refractivity contribution in [2.24, 2.45) is 0 Å². The van der Waals surface area contributed by atoms with Crippen LogP contribution >= 0.6 is 0 Å². The van der Waals surface area contributed by atoms with Gasteiger partial charge in [-0.05, 0) is 121 Å². The Morgan fingerprint density at radius 1 is 0.636 bits per heavy atom. The summed E-state index contributed by atoms with van der Waals surface area (Å²) in [6.07, 6.45) is 4.38. The van der Waals surface area contributed by atoms with Crippen LogP contribution in [0.2, 0.25) is 0 Å². The molecule has 0 saturated carbocycles. The van der Waals surface area contributed by atoms with Gasteiger partial charge in [0.1, 0.15) is 0 Å². The molecule has 4 aromatic rings. The standard InChI is InChI=1S/C15H22N2.C14H20N2/c1-11-8-14-6-7-17(10-13(3)16(4)5)15(14)9-12(11)2;1-11-5-6-14-13(9-11)7-8-16(14)10-12(2)15(3)4/h6-9,13H,10H2,1-5H3;5-9,12H,10H2,1-4H3/t13-;12-/m00/s1. The van der Waals surface area contributed by atoms with Crippen LogP contribution in [-0.4, -0.2) is 59.2 Å². The van der Waals surface area contributed by atoms with E-state index in [1.807, 2.05) is 0 Å². The maximum Gasteiger partial charge on any atom is 0.0483 e. The molecule has 4 heteroatoms. The third-order valence-corrected chi connectivity index (χ3v) is 7.00. The van der Waals surface area contributed by atoms with Gasteiger partial charge in [-0.15, -0.1) is 0 Å². The molecule has 0 amide bonds. The smallest absolute Gasteiger partial charge is 0.0483 e. The van der Waals surface area contributed by atoms with Crippen LogP contribution in [0, 0.1) is 20.8 Å². The van der Waals surface area contributed by atoms with Crippen molar-refractivity contribution in [3.63, 3.8) is 0 Å². The van der Waals surface area contributed by atoms with Gasteiger partial charge >= 0.3 is 0 Å². The molecular formula is C29H42N4. The van der Waals surface area contributed by atoms with Gasteiger partial charge in [-0.3, -0.25) is 0 Å². The minimum Gasteiger partial charge on any atom is -0.346 e. The van der Waals surface area contributed by atoms with Crippen molar-refractivity contribution in [3.8, 4) is 0 Å². The van der Waals surface area contributed by atoms with Crippen LogP contribution in [-0.2, 0) is 13.1 Å². The third-order valence-electron chi connectivity index (χ3n) is 7.00. The van der Waals surface area contributed by atoms with Crippen LogP contribution < -0.4 is 0 Å². The normalized spacial score (nSPS) is 13.5. The van der Waals surface area contributed by atoms with Crippen molar-refractivity contribution < 1.29 is 0 Å². The van der Waals surface area contributed by atoms with Crippen LogP contribution in [0.25, 0.3) is 21.8 Å². The lowest BCUT2D eigenvalue weighted by molar-refractivity contribution is 0.286. The van der Waals surface area contributed by atoms with Crippen molar-refractivity contribution in [2.75, 3.05) is 28.2 Å². The molecule has 2 aromatic heterocycles. The molecule has 178 valence electrons. The van der Waals surface area contributed by atoms with Gasteiger partial charge in [0.15, 0.2) is 0 Å². The highest BCUT2D eigenvalue weighted by molar-refractivity contribution is 5.82. The molecule has 2 atom stereocenters. The van der Waals surface area contributed by atoms with E-state index in [1.54, 1.807) is 0 Å². The topological polar surface area (TPSA) is 16.3 Å². The summed E-state index contributed by atoms with van der Waals surface area (Å²) in [7, 11) is 8.51. The second-order valence-corrected chi connectivity index (χ2v) is 10.1. The lowest BCUT2D eigenvalue weighted by atomic mass is 10.1. The largest absolute Gasteiger partial charge is 0.346 e. The lowest BCUT2D eigenvalue weighted by Crippen LogP contribution is -2.28. The van der Waals surface area contributed by atoms with E-state index < -0.39 is 0 Å². The molecule has 0 spiro atoms. The van der Waals surface area contributed by atoms with Gasteiger partial charge in [0.25, 0.3) is 0 Å². The Bertz CT molecular complexity index is 1200. The summed E-state index contributed by atoms with van der Waals surface area (Å²) in [4.78, 5) is 4.51. The fraction of sp³-hybridized carbons (Fsp3) is 0.448. The Hall–Kier alpha value is -2.56. The van der Waals surface area contributed by atoms with E-state index >= 15 is 0 Å². The lowest BCUT2D eigenvalue weighted by Gasteiger charge is -2.21. The molecule has 2 aromatic carbocycles. The van der Waals surface area contributed by atoms with E-state index in [0.29, 0.717) is 12.1 Å². The number of fused-ring (bicyclic) bond motifs is 2. The van der Waals surface area contributed by atoms with E-state index in [-0.39, 0.29) is 0 Å². The summed E-state index contributed by atoms with van der Waals surface area (Å²) in [6, 6.07) is 16.7. The molecule has 0 bridgehead atoms. The van der Waals surface area contributed by atoms with E-state index in [4.69, 9.17) is 0 Å². The molecule has 0 aliphatic heterocycles. The highest BCUT2D eigenvalue weighted by Crippen LogP contribution is 2.21. The first-order chi connectivity index (χ1) is 15.6. The van der Waals surface area contributed by atoms with Crippen LogP contribution in [0.1, 0.15) is 30.5 Å². The molecule has 0 unspecified atom stereocenters. The SMILES string of the molecule is Cc1cc2ccn(C[C@H](C)N(C)C)c2cc1C.Cc1ccc2c(ccn2C[C@H](C)N(C)C)c1. The van der Waals surface area contributed by atoms with Crippen molar-refractivity contribution in [3.05, 3.63) is 71.5 Å². The molecular weight excluding hydrogens is 404 g/mol. The van der Waals surface area contributed by atoms with Gasteiger partial charge in [0.05, 0.1) is 0 Å². The van der Waals surface area contributed by atoms with Gasteiger partial charge in [0, 0.05) is 48.6 Å². The first-order valence-corrected chi connectivity index (χ1v) is 12.0. The molecule has 2 heterocycles. The zero-order valence-corrected chi connectivity index (χ0v) is 22.1. The Morgan fingerprint density at radius 3 is 1.67 bits per heavy atom. The molecule has 4 nitrogen and oxygen atoms in total. The Kier molecular flexibility index (Phi) is 8.04. The quantitative estimate of drug-likeness (QED) is 0.355. The number of aryl methyl sites for hydroxylation is 3. The number of benzene rings is 2. The van der Waals surface area contributed by atoms with Crippen LogP contribution in [0.4, 0.5) is 0 Å². The maximum absolute atomic E-state index is 2.35. The summed E-state index contributed by atoms with van der Waals surface area (Å²) < 4.78 is 4.69. The van der Waals surface area contributed by atoms with Crippen molar-refractivity contribution in [1.29, 1.82) is 0 Å². The summed E-state index contributed by atoms with van der Waals surface area (Å²) in [5.41, 5.74) is 6.75. The van der Waals surface area contributed by atoms with Gasteiger partial charge in [-0.25, -0.2) is 0 Å². The molecule has 0 saturated heterocycles. The number of hydrogen-bond acceptors (Lipinski definition) is 2. The molecule has 0 aliphatic rings. The number of hydrogen-bond donors (Lipinski definition) is 0. The van der Waals surface area contributed by atoms with Crippen molar-refractivity contribution in [2.45, 2.75) is 59.8 Å². The van der Waals surface area contributed by atoms with Gasteiger partial charge in [0.2, 0.25) is 0 Å². The molecule has 0 radical (unpaired) electrons. The molecule has 0 fully saturated rings. The second-order valence-electron chi connectivity index (χ2n) is 10.1. The van der Waals surface area contributed by atoms with E-state index in [1.165, 1.54) is 38.5 Å². The molecule has 33 heavy (non-hydrogen) atoms. The van der Waals surface area contributed by atoms with Crippen LogP contribution in [0.5, 0.6) is 0 Å². The monoisotopic (exact) mass is 446 g/mol. The second kappa shape index (κ2) is 10.6. The van der Waals surface area contributed by atoms with Crippen molar-refractivity contribution >= 4 is 21.8 Å². The molecule has 0 N–H and O–H groups in total. The fourth-order valence-electron chi connectivity index (χ4n) is 3.99. The number of rotatable bonds is 6. The zero-order chi connectivity index (χ0) is 24.3. The Labute approximate surface area is 200 Å². The molecule has 0 aliphatic carbocycles. The fourth-order valence-corrected chi connectivity index (χ4v) is 3.99. The summed E-state index contributed by atoms with van der Waals surface area (Å²) in [5, 5.41) is 2.69. The van der Waals surface area contributed by atoms with E-state index in [0.717, 1.165) is 13.1 Å². The summed E-state index contributed by atoms with van der Waals surface area (Å²) in [6.45, 7) is 13.1. The van der Waals surface area contributed by atoms with E-state index in [2.05, 4.69) is 137 Å². The average molecular weight is 447 g/mol. The zero-order valence-electron chi connectivity index (χ0n) is 22.1. The number of likely N-dealkylation sites (N-methyl/N-ethyl adjacent to an activating group) is 2. The molecule has 4 rings (SSSR count). The summed E-state index contributed by atoms with van der Waals surface area (Å²) >= 11 is 0. The predicted molar refractivity (Wildman–Crippen MR) is 144 cm³/mol. The third kappa shape index (κ3) is 6.07. The van der Waals surface area contributed by atoms with Gasteiger partial charge in [-0.1, -0.05) is 11.6 Å². The minimum atomic E-state index is 0.548. The van der Waals surface area contributed by atoms with Gasteiger partial charge in [-0.2, -0.15) is 0 Å². The first-order valence-electron chi connectivity index (χ1n) is 12.0. The maximum atomic E-state index is 2.35. The highest BCUT2D eigenvalue weighted by Gasteiger charge is 2.09. The van der Waals surface area contributed by atoms with Crippen LogP contribution in [0.15, 0.2) is 54.9 Å². The summed E-state index contributed by atoms with van der Waals surface area (Å²) in [5.74, 6) is 0. The highest BCUT2D eigenvalue weighted by atomic mass is 15.1. The van der Waals surface area contributed by atoms with E-state index in [9.17, 15) is 0 Å². The Balaban J connectivity index is 0.000000186. The minimum absolute atomic E-state index is 0.548. The number of nitrogens with zero attached hydrogens (tertiary/aromatic N) is 4. The first kappa shape index (κ1) is 25.1. The van der Waals surface area contributed by atoms with Gasteiger partial charge < -0.3 is 18.9 Å². The Morgan fingerprint density at radius 2 is 1.12 bits per heavy atom. The van der Waals surface area contributed by atoms with Crippen LogP contribution in [0.3, 0.4) is 0 Å².